The predicted octanol–water partition coefficient (Wildman–Crippen LogP) is 3.22. The fraction of sp³-hybridized carbons (Fsp3) is 0.727. The second-order valence-corrected chi connectivity index (χ2v) is 5.56. The van der Waals surface area contributed by atoms with Gasteiger partial charge < -0.3 is 5.32 Å². The van der Waals surface area contributed by atoms with Gasteiger partial charge in [0.05, 0.1) is 5.69 Å². The van der Waals surface area contributed by atoms with E-state index in [1.165, 1.54) is 17.7 Å². The van der Waals surface area contributed by atoms with Crippen molar-refractivity contribution in [3.8, 4) is 0 Å². The fourth-order valence-corrected chi connectivity index (χ4v) is 2.45. The minimum atomic E-state index is 0.805. The molecule has 0 bridgehead atoms. The molecule has 0 saturated heterocycles. The highest BCUT2D eigenvalue weighted by Crippen LogP contribution is 2.36. The third-order valence-corrected chi connectivity index (χ3v) is 4.06. The first-order chi connectivity index (χ1) is 6.66. The number of nitrogens with one attached hydrogen (secondary N) is 1. The molecule has 1 atom stereocenters. The smallest absolute Gasteiger partial charge is 0.183 e. The van der Waals surface area contributed by atoms with Crippen LogP contribution < -0.4 is 5.32 Å². The first-order valence-corrected chi connectivity index (χ1v) is 6.16. The van der Waals surface area contributed by atoms with Crippen LogP contribution >= 0.6 is 11.3 Å². The zero-order valence-corrected chi connectivity index (χ0v) is 9.95. The lowest BCUT2D eigenvalue weighted by Gasteiger charge is -2.09. The largest absolute Gasteiger partial charge is 0.361 e. The van der Waals surface area contributed by atoms with Gasteiger partial charge in [0.2, 0.25) is 0 Å². The number of hydrogen-bond donors (Lipinski definition) is 1. The molecule has 1 N–H and O–H groups in total. The Morgan fingerprint density at radius 2 is 2.21 bits per heavy atom. The predicted molar refractivity (Wildman–Crippen MR) is 62.0 cm³/mol. The number of rotatable bonds is 4. The van der Waals surface area contributed by atoms with Crippen LogP contribution in [0.5, 0.6) is 0 Å². The molecule has 1 aromatic heterocycles. The monoisotopic (exact) mass is 210 g/mol. The molecule has 0 amide bonds. The Bertz CT molecular complexity index is 296. The van der Waals surface area contributed by atoms with Crippen LogP contribution in [0.25, 0.3) is 0 Å². The Morgan fingerprint density at radius 3 is 2.71 bits per heavy atom. The second kappa shape index (κ2) is 3.89. The Kier molecular flexibility index (Phi) is 2.77. The maximum absolute atomic E-state index is 4.47. The van der Waals surface area contributed by atoms with Gasteiger partial charge in [0, 0.05) is 11.4 Å². The van der Waals surface area contributed by atoms with E-state index >= 15 is 0 Å². The van der Waals surface area contributed by atoms with E-state index in [4.69, 9.17) is 0 Å². The zero-order valence-electron chi connectivity index (χ0n) is 9.13. The van der Waals surface area contributed by atoms with E-state index in [1.807, 2.05) is 0 Å². The number of nitrogens with zero attached hydrogens (tertiary/aromatic N) is 1. The Hall–Kier alpha value is -0.570. The summed E-state index contributed by atoms with van der Waals surface area (Å²) < 4.78 is 0. The molecular formula is C11H18N2S. The third kappa shape index (κ3) is 2.27. The minimum Gasteiger partial charge on any atom is -0.361 e. The topological polar surface area (TPSA) is 24.9 Å². The summed E-state index contributed by atoms with van der Waals surface area (Å²) in [5.74, 6) is 1.78. The van der Waals surface area contributed by atoms with E-state index in [9.17, 15) is 0 Å². The van der Waals surface area contributed by atoms with Crippen LogP contribution in [0, 0.1) is 25.7 Å². The van der Waals surface area contributed by atoms with Gasteiger partial charge in [-0.1, -0.05) is 6.92 Å². The highest BCUT2D eigenvalue weighted by atomic mass is 32.1. The fourth-order valence-electron chi connectivity index (χ4n) is 1.63. The van der Waals surface area contributed by atoms with E-state index in [0.29, 0.717) is 0 Å². The molecule has 14 heavy (non-hydrogen) atoms. The third-order valence-electron chi connectivity index (χ3n) is 3.03. The molecule has 0 spiro atoms. The van der Waals surface area contributed by atoms with Crippen molar-refractivity contribution >= 4 is 16.5 Å². The first-order valence-electron chi connectivity index (χ1n) is 5.34. The number of anilines is 1. The lowest BCUT2D eigenvalue weighted by molar-refractivity contribution is 0.536. The van der Waals surface area contributed by atoms with Crippen molar-refractivity contribution in [2.45, 2.75) is 33.6 Å². The van der Waals surface area contributed by atoms with Crippen LogP contribution in [0.1, 0.15) is 30.3 Å². The quantitative estimate of drug-likeness (QED) is 0.825. The number of thiazole rings is 1. The van der Waals surface area contributed by atoms with Gasteiger partial charge in [0.1, 0.15) is 0 Å². The summed E-state index contributed by atoms with van der Waals surface area (Å²) in [6.07, 6.45) is 2.86. The van der Waals surface area contributed by atoms with Crippen LogP contribution in [-0.2, 0) is 0 Å². The average molecular weight is 210 g/mol. The molecule has 1 saturated carbocycles. The Labute approximate surface area is 89.8 Å². The zero-order chi connectivity index (χ0) is 10.1. The number of hydrogen-bond acceptors (Lipinski definition) is 3. The van der Waals surface area contributed by atoms with Crippen molar-refractivity contribution in [3.63, 3.8) is 0 Å². The maximum atomic E-state index is 4.47. The first kappa shape index (κ1) is 9.97. The summed E-state index contributed by atoms with van der Waals surface area (Å²) >= 11 is 1.77. The molecule has 1 unspecified atom stereocenters. The van der Waals surface area contributed by atoms with E-state index in [2.05, 4.69) is 31.1 Å². The van der Waals surface area contributed by atoms with Gasteiger partial charge in [-0.05, 0) is 38.5 Å². The molecule has 1 heterocycles. The highest BCUT2D eigenvalue weighted by molar-refractivity contribution is 7.15. The minimum absolute atomic E-state index is 0.805. The second-order valence-electron chi connectivity index (χ2n) is 4.36. The number of aryl methyl sites for hydroxylation is 2. The summed E-state index contributed by atoms with van der Waals surface area (Å²) in [6.45, 7) is 7.61. The van der Waals surface area contributed by atoms with Crippen molar-refractivity contribution in [3.05, 3.63) is 10.6 Å². The van der Waals surface area contributed by atoms with Crippen LogP contribution in [0.15, 0.2) is 0 Å². The van der Waals surface area contributed by atoms with E-state index < -0.39 is 0 Å². The molecule has 0 aromatic carbocycles. The summed E-state index contributed by atoms with van der Waals surface area (Å²) in [4.78, 5) is 5.79. The Balaban J connectivity index is 1.84. The molecule has 1 aromatic rings. The molecular weight excluding hydrogens is 192 g/mol. The van der Waals surface area contributed by atoms with Gasteiger partial charge in [-0.3, -0.25) is 0 Å². The molecule has 3 heteroatoms. The molecule has 1 fully saturated rings. The van der Waals surface area contributed by atoms with Crippen LogP contribution in [0.4, 0.5) is 5.13 Å². The standard InChI is InChI=1S/C11H18N2S/c1-7(10-4-5-10)6-12-11-13-8(2)9(3)14-11/h7,10H,4-6H2,1-3H3,(H,12,13). The van der Waals surface area contributed by atoms with Crippen LogP contribution in [0.3, 0.4) is 0 Å². The van der Waals surface area contributed by atoms with E-state index in [1.54, 1.807) is 11.3 Å². The SMILES string of the molecule is Cc1nc(NCC(C)C2CC2)sc1C. The molecule has 1 aliphatic rings. The molecule has 0 radical (unpaired) electrons. The summed E-state index contributed by atoms with van der Waals surface area (Å²) in [5, 5.41) is 4.53. The molecule has 2 rings (SSSR count). The lowest BCUT2D eigenvalue weighted by Crippen LogP contribution is -2.12. The van der Waals surface area contributed by atoms with Crippen molar-refractivity contribution in [1.82, 2.24) is 4.98 Å². The van der Waals surface area contributed by atoms with Gasteiger partial charge in [0.25, 0.3) is 0 Å². The number of aromatic nitrogens is 1. The summed E-state index contributed by atoms with van der Waals surface area (Å²) in [7, 11) is 0. The van der Waals surface area contributed by atoms with Crippen LogP contribution in [-0.4, -0.2) is 11.5 Å². The molecule has 78 valence electrons. The molecule has 1 aliphatic carbocycles. The van der Waals surface area contributed by atoms with Crippen molar-refractivity contribution in [2.24, 2.45) is 11.8 Å². The highest BCUT2D eigenvalue weighted by Gasteiger charge is 2.27. The van der Waals surface area contributed by atoms with Crippen LogP contribution in [0.2, 0.25) is 0 Å². The average Bonchev–Trinajstić information content (AvgIpc) is 2.92. The summed E-state index contributed by atoms with van der Waals surface area (Å²) in [6, 6.07) is 0. The molecule has 2 nitrogen and oxygen atoms in total. The van der Waals surface area contributed by atoms with Gasteiger partial charge in [-0.25, -0.2) is 4.98 Å². The Morgan fingerprint density at radius 1 is 1.50 bits per heavy atom. The van der Waals surface area contributed by atoms with E-state index in [-0.39, 0.29) is 0 Å². The van der Waals surface area contributed by atoms with Gasteiger partial charge >= 0.3 is 0 Å². The van der Waals surface area contributed by atoms with Crippen molar-refractivity contribution in [1.29, 1.82) is 0 Å². The molecule has 0 aliphatic heterocycles. The van der Waals surface area contributed by atoms with Crippen molar-refractivity contribution in [2.75, 3.05) is 11.9 Å². The van der Waals surface area contributed by atoms with Gasteiger partial charge in [0.15, 0.2) is 5.13 Å². The maximum Gasteiger partial charge on any atom is 0.183 e. The van der Waals surface area contributed by atoms with E-state index in [0.717, 1.165) is 29.2 Å². The lowest BCUT2D eigenvalue weighted by atomic mass is 10.1. The van der Waals surface area contributed by atoms with Crippen molar-refractivity contribution < 1.29 is 0 Å². The van der Waals surface area contributed by atoms with Gasteiger partial charge in [-0.15, -0.1) is 11.3 Å². The van der Waals surface area contributed by atoms with Gasteiger partial charge in [-0.2, -0.15) is 0 Å². The normalized spacial score (nSPS) is 18.2. The summed E-state index contributed by atoms with van der Waals surface area (Å²) in [5.41, 5.74) is 1.16.